The summed E-state index contributed by atoms with van der Waals surface area (Å²) in [5, 5.41) is 7.14. The lowest BCUT2D eigenvalue weighted by atomic mass is 10.2. The zero-order valence-corrected chi connectivity index (χ0v) is 14.1. The van der Waals surface area contributed by atoms with Gasteiger partial charge in [-0.2, -0.15) is 5.06 Å². The molecule has 6 nitrogen and oxygen atoms in total. The molecule has 0 spiro atoms. The van der Waals surface area contributed by atoms with E-state index in [1.807, 2.05) is 0 Å². The monoisotopic (exact) mass is 337 g/mol. The van der Waals surface area contributed by atoms with Gasteiger partial charge in [-0.3, -0.25) is 14.4 Å². The molecular weight excluding hydrogens is 313 g/mol. The van der Waals surface area contributed by atoms with E-state index in [1.165, 1.54) is 18.2 Å². The fourth-order valence-electron chi connectivity index (χ4n) is 2.44. The zero-order valence-electron chi connectivity index (χ0n) is 14.1. The minimum atomic E-state index is -0.677. The number of nitrogens with one attached hydrogen (secondary N) is 2. The van der Waals surface area contributed by atoms with E-state index in [9.17, 15) is 14.0 Å². The third-order valence-electron chi connectivity index (χ3n) is 3.88. The van der Waals surface area contributed by atoms with E-state index >= 15 is 0 Å². The summed E-state index contributed by atoms with van der Waals surface area (Å²) in [6.07, 6.45) is 2.38. The average Bonchev–Trinajstić information content (AvgIpc) is 2.56. The maximum Gasteiger partial charge on any atom is 0.246 e. The van der Waals surface area contributed by atoms with E-state index in [4.69, 9.17) is 4.84 Å². The Morgan fingerprint density at radius 1 is 1.38 bits per heavy atom. The number of hydrogen-bond acceptors (Lipinski definition) is 4. The number of halogens is 1. The molecule has 1 atom stereocenters. The standard InChI is InChI=1S/C17H24FN3O3/c1-12-11-14(18)5-6-15(12)20-17(23)13(2)19-16(22)7-9-21-8-3-4-10-24-21/h5-6,11,13H,3-4,7-10H2,1-2H3,(H,19,22)(H,20,23). The molecule has 1 aliphatic heterocycles. The molecule has 1 aliphatic rings. The first-order valence-corrected chi connectivity index (χ1v) is 8.20. The first kappa shape index (κ1) is 18.4. The van der Waals surface area contributed by atoms with E-state index in [1.54, 1.807) is 18.9 Å². The normalized spacial score (nSPS) is 16.5. The number of aryl methyl sites for hydroxylation is 1. The Morgan fingerprint density at radius 3 is 2.83 bits per heavy atom. The summed E-state index contributed by atoms with van der Waals surface area (Å²) in [6.45, 7) is 5.35. The Balaban J connectivity index is 1.76. The second kappa shape index (κ2) is 8.75. The highest BCUT2D eigenvalue weighted by molar-refractivity contribution is 5.97. The Morgan fingerprint density at radius 2 is 2.17 bits per heavy atom. The molecule has 0 radical (unpaired) electrons. The largest absolute Gasteiger partial charge is 0.345 e. The molecule has 2 amide bonds. The molecule has 7 heteroatoms. The number of anilines is 1. The van der Waals surface area contributed by atoms with Crippen LogP contribution in [0.2, 0.25) is 0 Å². The van der Waals surface area contributed by atoms with Crippen molar-refractivity contribution in [1.82, 2.24) is 10.4 Å². The average molecular weight is 337 g/mol. The highest BCUT2D eigenvalue weighted by Gasteiger charge is 2.18. The summed E-state index contributed by atoms with van der Waals surface area (Å²) in [5.41, 5.74) is 1.16. The van der Waals surface area contributed by atoms with Crippen molar-refractivity contribution >= 4 is 17.5 Å². The van der Waals surface area contributed by atoms with Crippen molar-refractivity contribution in [2.75, 3.05) is 25.0 Å². The number of amides is 2. The summed E-state index contributed by atoms with van der Waals surface area (Å²) < 4.78 is 13.1. The molecule has 1 aromatic rings. The van der Waals surface area contributed by atoms with Crippen LogP contribution in [0.25, 0.3) is 0 Å². The molecule has 0 bridgehead atoms. The van der Waals surface area contributed by atoms with Gasteiger partial charge in [-0.1, -0.05) is 0 Å². The highest BCUT2D eigenvalue weighted by Crippen LogP contribution is 2.15. The molecule has 1 fully saturated rings. The number of hydroxylamine groups is 2. The second-order valence-electron chi connectivity index (χ2n) is 5.96. The maximum absolute atomic E-state index is 13.1. The first-order chi connectivity index (χ1) is 11.5. The van der Waals surface area contributed by atoms with E-state index in [0.717, 1.165) is 19.4 Å². The van der Waals surface area contributed by atoms with Crippen LogP contribution in [0.5, 0.6) is 0 Å². The number of carbonyl (C=O) groups excluding carboxylic acids is 2. The van der Waals surface area contributed by atoms with Crippen molar-refractivity contribution in [3.63, 3.8) is 0 Å². The van der Waals surface area contributed by atoms with Crippen molar-refractivity contribution in [3.8, 4) is 0 Å². The molecule has 1 aromatic carbocycles. The SMILES string of the molecule is Cc1cc(F)ccc1NC(=O)C(C)NC(=O)CCN1CCCCO1. The molecule has 0 aromatic heterocycles. The van der Waals surface area contributed by atoms with Crippen molar-refractivity contribution in [1.29, 1.82) is 0 Å². The maximum atomic E-state index is 13.1. The Labute approximate surface area is 141 Å². The van der Waals surface area contributed by atoms with Crippen LogP contribution in [-0.4, -0.2) is 42.6 Å². The van der Waals surface area contributed by atoms with Gasteiger partial charge >= 0.3 is 0 Å². The van der Waals surface area contributed by atoms with Crippen molar-refractivity contribution < 1.29 is 18.8 Å². The zero-order chi connectivity index (χ0) is 17.5. The first-order valence-electron chi connectivity index (χ1n) is 8.20. The predicted molar refractivity (Wildman–Crippen MR) is 88.7 cm³/mol. The van der Waals surface area contributed by atoms with E-state index < -0.39 is 6.04 Å². The van der Waals surface area contributed by atoms with Crippen LogP contribution in [0, 0.1) is 12.7 Å². The fourth-order valence-corrected chi connectivity index (χ4v) is 2.44. The van der Waals surface area contributed by atoms with Gasteiger partial charge in [0, 0.05) is 25.2 Å². The third kappa shape index (κ3) is 5.58. The number of rotatable bonds is 6. The van der Waals surface area contributed by atoms with Gasteiger partial charge in [0.25, 0.3) is 0 Å². The van der Waals surface area contributed by atoms with Gasteiger partial charge in [0.15, 0.2) is 0 Å². The Hall–Kier alpha value is -1.99. The lowest BCUT2D eigenvalue weighted by molar-refractivity contribution is -0.181. The summed E-state index contributed by atoms with van der Waals surface area (Å²) in [6, 6.07) is 3.46. The fraction of sp³-hybridized carbons (Fsp3) is 0.529. The molecule has 1 saturated heterocycles. The van der Waals surface area contributed by atoms with Crippen LogP contribution in [-0.2, 0) is 14.4 Å². The molecule has 132 valence electrons. The van der Waals surface area contributed by atoms with Gasteiger partial charge in [-0.05, 0) is 50.5 Å². The number of hydrogen-bond donors (Lipinski definition) is 2. The second-order valence-corrected chi connectivity index (χ2v) is 5.96. The Kier molecular flexibility index (Phi) is 6.69. The summed E-state index contributed by atoms with van der Waals surface area (Å²) in [4.78, 5) is 29.5. The molecule has 2 rings (SSSR count). The van der Waals surface area contributed by atoms with Gasteiger partial charge in [0.2, 0.25) is 11.8 Å². The van der Waals surface area contributed by atoms with Crippen LogP contribution >= 0.6 is 0 Å². The molecule has 0 aliphatic carbocycles. The van der Waals surface area contributed by atoms with Crippen molar-refractivity contribution in [3.05, 3.63) is 29.6 Å². The van der Waals surface area contributed by atoms with Crippen LogP contribution < -0.4 is 10.6 Å². The minimum absolute atomic E-state index is 0.206. The van der Waals surface area contributed by atoms with Crippen LogP contribution in [0.15, 0.2) is 18.2 Å². The van der Waals surface area contributed by atoms with E-state index in [-0.39, 0.29) is 24.1 Å². The van der Waals surface area contributed by atoms with E-state index in [0.29, 0.717) is 24.4 Å². The predicted octanol–water partition coefficient (Wildman–Crippen LogP) is 1.99. The van der Waals surface area contributed by atoms with Crippen LogP contribution in [0.4, 0.5) is 10.1 Å². The lowest BCUT2D eigenvalue weighted by Gasteiger charge is -2.25. The van der Waals surface area contributed by atoms with Crippen LogP contribution in [0.3, 0.4) is 0 Å². The van der Waals surface area contributed by atoms with Gasteiger partial charge in [-0.15, -0.1) is 0 Å². The summed E-state index contributed by atoms with van der Waals surface area (Å²) >= 11 is 0. The molecule has 0 saturated carbocycles. The molecular formula is C17H24FN3O3. The van der Waals surface area contributed by atoms with E-state index in [2.05, 4.69) is 10.6 Å². The Bertz CT molecular complexity index is 588. The van der Waals surface area contributed by atoms with Gasteiger partial charge < -0.3 is 10.6 Å². The van der Waals surface area contributed by atoms with Crippen LogP contribution in [0.1, 0.15) is 31.7 Å². The third-order valence-corrected chi connectivity index (χ3v) is 3.88. The summed E-state index contributed by atoms with van der Waals surface area (Å²) in [7, 11) is 0. The summed E-state index contributed by atoms with van der Waals surface area (Å²) in [5.74, 6) is -0.901. The van der Waals surface area contributed by atoms with Crippen molar-refractivity contribution in [2.24, 2.45) is 0 Å². The van der Waals surface area contributed by atoms with Crippen molar-refractivity contribution in [2.45, 2.75) is 39.2 Å². The van der Waals surface area contributed by atoms with Gasteiger partial charge in [0.05, 0.1) is 6.61 Å². The van der Waals surface area contributed by atoms with Gasteiger partial charge in [0.1, 0.15) is 11.9 Å². The number of carbonyl (C=O) groups is 2. The smallest absolute Gasteiger partial charge is 0.246 e. The molecule has 1 unspecified atom stereocenters. The number of nitrogens with zero attached hydrogens (tertiary/aromatic N) is 1. The molecule has 2 N–H and O–H groups in total. The quantitative estimate of drug-likeness (QED) is 0.833. The minimum Gasteiger partial charge on any atom is -0.345 e. The van der Waals surface area contributed by atoms with Gasteiger partial charge in [-0.25, -0.2) is 4.39 Å². The molecule has 24 heavy (non-hydrogen) atoms. The molecule has 1 heterocycles. The lowest BCUT2D eigenvalue weighted by Crippen LogP contribution is -2.43. The highest BCUT2D eigenvalue weighted by atomic mass is 19.1. The number of benzene rings is 1. The topological polar surface area (TPSA) is 70.7 Å².